The number of ether oxygens (including phenoxy) is 3. The van der Waals surface area contributed by atoms with Gasteiger partial charge >= 0.3 is 0 Å². The summed E-state index contributed by atoms with van der Waals surface area (Å²) in [7, 11) is 3.28. The fourth-order valence-corrected chi connectivity index (χ4v) is 1.97. The first-order valence-corrected chi connectivity index (χ1v) is 5.93. The van der Waals surface area contributed by atoms with Gasteiger partial charge in [0.1, 0.15) is 11.9 Å². The lowest BCUT2D eigenvalue weighted by Crippen LogP contribution is -2.34. The molecule has 4 nitrogen and oxygen atoms in total. The van der Waals surface area contributed by atoms with Crippen LogP contribution in [0.5, 0.6) is 17.2 Å². The van der Waals surface area contributed by atoms with Gasteiger partial charge in [-0.1, -0.05) is 0 Å². The molecule has 0 aromatic heterocycles. The quantitative estimate of drug-likeness (QED) is 0.867. The summed E-state index contributed by atoms with van der Waals surface area (Å²) in [6.45, 7) is 2.03. The third-order valence-corrected chi connectivity index (χ3v) is 2.95. The molecule has 17 heavy (non-hydrogen) atoms. The Morgan fingerprint density at radius 3 is 2.47 bits per heavy atom. The van der Waals surface area contributed by atoms with Crippen LogP contribution in [0.15, 0.2) is 18.2 Å². The summed E-state index contributed by atoms with van der Waals surface area (Å²) in [5, 5.41) is 3.32. The normalized spacial score (nSPS) is 16.6. The Morgan fingerprint density at radius 1 is 1.06 bits per heavy atom. The molecule has 1 saturated heterocycles. The number of hydrogen-bond donors (Lipinski definition) is 1. The highest BCUT2D eigenvalue weighted by Gasteiger charge is 2.16. The van der Waals surface area contributed by atoms with Gasteiger partial charge in [-0.3, -0.25) is 0 Å². The minimum Gasteiger partial charge on any atom is -0.497 e. The number of methoxy groups -OCH3 is 2. The average Bonchev–Trinajstić information content (AvgIpc) is 2.40. The highest BCUT2D eigenvalue weighted by atomic mass is 16.5. The molecule has 1 fully saturated rings. The van der Waals surface area contributed by atoms with E-state index in [2.05, 4.69) is 5.32 Å². The first kappa shape index (κ1) is 12.0. The molecule has 1 aromatic carbocycles. The van der Waals surface area contributed by atoms with E-state index in [0.717, 1.165) is 43.2 Å². The molecule has 1 aliphatic rings. The van der Waals surface area contributed by atoms with E-state index in [1.807, 2.05) is 18.2 Å². The maximum atomic E-state index is 5.96. The van der Waals surface area contributed by atoms with Crippen LogP contribution in [0.25, 0.3) is 0 Å². The molecule has 2 rings (SSSR count). The number of piperidine rings is 1. The van der Waals surface area contributed by atoms with Crippen LogP contribution in [0, 0.1) is 0 Å². The second-order valence-electron chi connectivity index (χ2n) is 4.08. The van der Waals surface area contributed by atoms with Crippen molar-refractivity contribution in [1.29, 1.82) is 0 Å². The molecule has 1 N–H and O–H groups in total. The van der Waals surface area contributed by atoms with Crippen molar-refractivity contribution in [2.45, 2.75) is 18.9 Å². The Labute approximate surface area is 102 Å². The molecule has 1 aliphatic heterocycles. The lowest BCUT2D eigenvalue weighted by Gasteiger charge is -2.24. The van der Waals surface area contributed by atoms with Crippen molar-refractivity contribution in [3.63, 3.8) is 0 Å². The van der Waals surface area contributed by atoms with E-state index >= 15 is 0 Å². The topological polar surface area (TPSA) is 39.7 Å². The van der Waals surface area contributed by atoms with Gasteiger partial charge in [0.2, 0.25) is 0 Å². The van der Waals surface area contributed by atoms with E-state index < -0.39 is 0 Å². The summed E-state index contributed by atoms with van der Waals surface area (Å²) in [6.07, 6.45) is 2.35. The molecule has 4 heteroatoms. The van der Waals surface area contributed by atoms with Crippen LogP contribution >= 0.6 is 0 Å². The summed E-state index contributed by atoms with van der Waals surface area (Å²) in [5.74, 6) is 2.29. The van der Waals surface area contributed by atoms with Crippen LogP contribution in [-0.2, 0) is 0 Å². The van der Waals surface area contributed by atoms with Crippen LogP contribution < -0.4 is 19.5 Å². The Kier molecular flexibility index (Phi) is 4.09. The molecule has 0 unspecified atom stereocenters. The average molecular weight is 237 g/mol. The minimum absolute atomic E-state index is 0.276. The van der Waals surface area contributed by atoms with Gasteiger partial charge in [0.15, 0.2) is 11.5 Å². The van der Waals surface area contributed by atoms with Crippen molar-refractivity contribution < 1.29 is 14.2 Å². The molecule has 0 atom stereocenters. The Bertz CT molecular complexity index is 362. The Hall–Kier alpha value is -1.42. The Balaban J connectivity index is 2.08. The van der Waals surface area contributed by atoms with Crippen LogP contribution in [0.3, 0.4) is 0 Å². The highest BCUT2D eigenvalue weighted by Crippen LogP contribution is 2.32. The summed E-state index contributed by atoms with van der Waals surface area (Å²) in [5.41, 5.74) is 0. The number of nitrogens with one attached hydrogen (secondary N) is 1. The standard InChI is InChI=1S/C13H19NO3/c1-15-11-3-4-12(13(9-11)16-2)17-10-5-7-14-8-6-10/h3-4,9-10,14H,5-8H2,1-2H3. The molecule has 94 valence electrons. The number of benzene rings is 1. The second kappa shape index (κ2) is 5.77. The fraction of sp³-hybridized carbons (Fsp3) is 0.538. The van der Waals surface area contributed by atoms with Crippen molar-refractivity contribution in [1.82, 2.24) is 5.32 Å². The van der Waals surface area contributed by atoms with Gasteiger partial charge in [-0.2, -0.15) is 0 Å². The lowest BCUT2D eigenvalue weighted by atomic mass is 10.1. The predicted molar refractivity (Wildman–Crippen MR) is 66.1 cm³/mol. The van der Waals surface area contributed by atoms with Crippen LogP contribution in [0.4, 0.5) is 0 Å². The van der Waals surface area contributed by atoms with Crippen molar-refractivity contribution in [2.75, 3.05) is 27.3 Å². The van der Waals surface area contributed by atoms with Crippen LogP contribution in [-0.4, -0.2) is 33.4 Å². The van der Waals surface area contributed by atoms with E-state index in [-0.39, 0.29) is 6.10 Å². The molecule has 0 aliphatic carbocycles. The van der Waals surface area contributed by atoms with Gasteiger partial charge < -0.3 is 19.5 Å². The van der Waals surface area contributed by atoms with E-state index in [1.54, 1.807) is 14.2 Å². The smallest absolute Gasteiger partial charge is 0.164 e. The summed E-state index contributed by atoms with van der Waals surface area (Å²) in [4.78, 5) is 0. The summed E-state index contributed by atoms with van der Waals surface area (Å²) < 4.78 is 16.4. The van der Waals surface area contributed by atoms with Crippen molar-refractivity contribution >= 4 is 0 Å². The Morgan fingerprint density at radius 2 is 1.82 bits per heavy atom. The molecular weight excluding hydrogens is 218 g/mol. The third kappa shape index (κ3) is 3.03. The van der Waals surface area contributed by atoms with Gasteiger partial charge in [0, 0.05) is 6.07 Å². The van der Waals surface area contributed by atoms with Crippen molar-refractivity contribution in [2.24, 2.45) is 0 Å². The molecule has 0 bridgehead atoms. The molecular formula is C13H19NO3. The number of hydrogen-bond acceptors (Lipinski definition) is 4. The third-order valence-electron chi connectivity index (χ3n) is 2.95. The highest BCUT2D eigenvalue weighted by molar-refractivity contribution is 5.45. The SMILES string of the molecule is COc1ccc(OC2CCNCC2)c(OC)c1. The molecule has 1 heterocycles. The van der Waals surface area contributed by atoms with Gasteiger partial charge in [-0.25, -0.2) is 0 Å². The molecule has 1 aromatic rings. The van der Waals surface area contributed by atoms with Gasteiger partial charge in [0.05, 0.1) is 14.2 Å². The first-order chi connectivity index (χ1) is 8.33. The molecule has 0 spiro atoms. The largest absolute Gasteiger partial charge is 0.497 e. The number of rotatable bonds is 4. The molecule has 0 amide bonds. The van der Waals surface area contributed by atoms with Crippen molar-refractivity contribution in [3.05, 3.63) is 18.2 Å². The second-order valence-corrected chi connectivity index (χ2v) is 4.08. The first-order valence-electron chi connectivity index (χ1n) is 5.93. The van der Waals surface area contributed by atoms with E-state index in [4.69, 9.17) is 14.2 Å². The summed E-state index contributed by atoms with van der Waals surface area (Å²) >= 11 is 0. The van der Waals surface area contributed by atoms with Crippen LogP contribution in [0.1, 0.15) is 12.8 Å². The van der Waals surface area contributed by atoms with Gasteiger partial charge in [0.25, 0.3) is 0 Å². The minimum atomic E-state index is 0.276. The van der Waals surface area contributed by atoms with Gasteiger partial charge in [-0.05, 0) is 38.1 Å². The van der Waals surface area contributed by atoms with E-state index in [9.17, 15) is 0 Å². The van der Waals surface area contributed by atoms with Gasteiger partial charge in [-0.15, -0.1) is 0 Å². The predicted octanol–water partition coefficient (Wildman–Crippen LogP) is 1.83. The van der Waals surface area contributed by atoms with Crippen LogP contribution in [0.2, 0.25) is 0 Å². The lowest BCUT2D eigenvalue weighted by molar-refractivity contribution is 0.156. The zero-order chi connectivity index (χ0) is 12.1. The van der Waals surface area contributed by atoms with Crippen molar-refractivity contribution in [3.8, 4) is 17.2 Å². The monoisotopic (exact) mass is 237 g/mol. The zero-order valence-corrected chi connectivity index (χ0v) is 10.4. The zero-order valence-electron chi connectivity index (χ0n) is 10.4. The maximum absolute atomic E-state index is 5.96. The van der Waals surface area contributed by atoms with E-state index in [0.29, 0.717) is 0 Å². The molecule has 0 radical (unpaired) electrons. The molecule has 0 saturated carbocycles. The summed E-state index contributed by atoms with van der Waals surface area (Å²) in [6, 6.07) is 5.63. The maximum Gasteiger partial charge on any atom is 0.164 e. The fourth-order valence-electron chi connectivity index (χ4n) is 1.97. The van der Waals surface area contributed by atoms with E-state index in [1.165, 1.54) is 0 Å².